The van der Waals surface area contributed by atoms with Crippen LogP contribution in [0.5, 0.6) is 0 Å². The second-order valence-corrected chi connectivity index (χ2v) is 2.98. The maximum atomic E-state index is 10.6. The van der Waals surface area contributed by atoms with Gasteiger partial charge in [-0.1, -0.05) is 37.3 Å². The number of amides is 1. The molecule has 2 heteroatoms. The Labute approximate surface area is 72.4 Å². The van der Waals surface area contributed by atoms with Gasteiger partial charge in [0.1, 0.15) is 0 Å². The maximum absolute atomic E-state index is 10.6. The topological polar surface area (TPSA) is 43.1 Å². The Kier molecular flexibility index (Phi) is 2.86. The van der Waals surface area contributed by atoms with E-state index in [4.69, 9.17) is 5.73 Å². The summed E-state index contributed by atoms with van der Waals surface area (Å²) in [5, 5.41) is 0. The largest absolute Gasteiger partial charge is 0.370 e. The molecule has 0 aliphatic carbocycles. The van der Waals surface area contributed by atoms with Gasteiger partial charge in [-0.15, -0.1) is 0 Å². The van der Waals surface area contributed by atoms with E-state index < -0.39 is 0 Å². The first-order valence-corrected chi connectivity index (χ1v) is 4.03. The van der Waals surface area contributed by atoms with Crippen LogP contribution in [-0.4, -0.2) is 5.91 Å². The molecule has 0 unspecified atom stereocenters. The lowest BCUT2D eigenvalue weighted by molar-refractivity contribution is -0.118. The maximum Gasteiger partial charge on any atom is 0.218 e. The van der Waals surface area contributed by atoms with Gasteiger partial charge in [0.05, 0.1) is 0 Å². The van der Waals surface area contributed by atoms with Gasteiger partial charge in [0.25, 0.3) is 0 Å². The second kappa shape index (κ2) is 3.90. The zero-order chi connectivity index (χ0) is 8.97. The molecule has 1 aromatic carbocycles. The van der Waals surface area contributed by atoms with Crippen LogP contribution >= 0.6 is 0 Å². The molecule has 0 aliphatic rings. The number of nitrogens with two attached hydrogens (primary N) is 1. The van der Waals surface area contributed by atoms with Crippen LogP contribution in [0, 0.1) is 0 Å². The van der Waals surface area contributed by atoms with Crippen LogP contribution in [0.2, 0.25) is 0 Å². The molecule has 0 bridgehead atoms. The van der Waals surface area contributed by atoms with Gasteiger partial charge < -0.3 is 5.73 Å². The quantitative estimate of drug-likeness (QED) is 0.723. The highest BCUT2D eigenvalue weighted by molar-refractivity contribution is 5.74. The minimum Gasteiger partial charge on any atom is -0.370 e. The van der Waals surface area contributed by atoms with Gasteiger partial charge in [0.15, 0.2) is 0 Å². The van der Waals surface area contributed by atoms with Crippen LogP contribution in [0.25, 0.3) is 0 Å². The summed E-state index contributed by atoms with van der Waals surface area (Å²) >= 11 is 0. The third kappa shape index (κ3) is 2.38. The van der Waals surface area contributed by atoms with E-state index in [1.165, 1.54) is 0 Å². The molecule has 0 fully saturated rings. The van der Waals surface area contributed by atoms with Crippen LogP contribution < -0.4 is 5.73 Å². The summed E-state index contributed by atoms with van der Waals surface area (Å²) in [5.41, 5.74) is 6.26. The molecule has 0 aromatic heterocycles. The molecular weight excluding hydrogens is 150 g/mol. The molecule has 0 heterocycles. The fourth-order valence-electron chi connectivity index (χ4n) is 1.20. The van der Waals surface area contributed by atoms with Gasteiger partial charge in [-0.2, -0.15) is 0 Å². The van der Waals surface area contributed by atoms with Crippen molar-refractivity contribution in [2.45, 2.75) is 19.3 Å². The third-order valence-electron chi connectivity index (χ3n) is 1.88. The summed E-state index contributed by atoms with van der Waals surface area (Å²) in [6.07, 6.45) is 0.421. The van der Waals surface area contributed by atoms with Gasteiger partial charge in [0.2, 0.25) is 5.91 Å². The smallest absolute Gasteiger partial charge is 0.218 e. The van der Waals surface area contributed by atoms with E-state index in [1.807, 2.05) is 37.3 Å². The van der Waals surface area contributed by atoms with Crippen molar-refractivity contribution in [2.75, 3.05) is 0 Å². The number of carbonyl (C=O) groups excluding carboxylic acids is 1. The summed E-state index contributed by atoms with van der Waals surface area (Å²) in [6.45, 7) is 2.00. The Hall–Kier alpha value is -1.31. The van der Waals surface area contributed by atoms with Crippen LogP contribution in [0.15, 0.2) is 30.3 Å². The minimum absolute atomic E-state index is 0.226. The van der Waals surface area contributed by atoms with E-state index in [0.717, 1.165) is 5.56 Å². The molecule has 0 saturated heterocycles. The van der Waals surface area contributed by atoms with E-state index in [0.29, 0.717) is 6.42 Å². The molecule has 1 amide bonds. The molecule has 2 N–H and O–H groups in total. The average molecular weight is 163 g/mol. The number of carbonyl (C=O) groups is 1. The fraction of sp³-hybridized carbons (Fsp3) is 0.300. The monoisotopic (exact) mass is 163 g/mol. The lowest BCUT2D eigenvalue weighted by Gasteiger charge is -2.08. The summed E-state index contributed by atoms with van der Waals surface area (Å²) < 4.78 is 0. The Morgan fingerprint density at radius 3 is 2.50 bits per heavy atom. The number of benzene rings is 1. The van der Waals surface area contributed by atoms with Crippen LogP contribution in [0.3, 0.4) is 0 Å². The van der Waals surface area contributed by atoms with Crippen LogP contribution in [0.4, 0.5) is 0 Å². The van der Waals surface area contributed by atoms with Crippen molar-refractivity contribution in [1.82, 2.24) is 0 Å². The normalized spacial score (nSPS) is 12.4. The van der Waals surface area contributed by atoms with Crippen LogP contribution in [0.1, 0.15) is 24.8 Å². The van der Waals surface area contributed by atoms with E-state index in [-0.39, 0.29) is 11.8 Å². The lowest BCUT2D eigenvalue weighted by Crippen LogP contribution is -2.13. The molecule has 2 nitrogen and oxygen atoms in total. The number of rotatable bonds is 3. The first-order valence-electron chi connectivity index (χ1n) is 4.03. The van der Waals surface area contributed by atoms with E-state index >= 15 is 0 Å². The van der Waals surface area contributed by atoms with Crippen molar-refractivity contribution >= 4 is 5.91 Å². The molecule has 0 aliphatic heterocycles. The molecule has 64 valence electrons. The van der Waals surface area contributed by atoms with Crippen molar-refractivity contribution in [3.8, 4) is 0 Å². The van der Waals surface area contributed by atoms with Crippen molar-refractivity contribution in [3.63, 3.8) is 0 Å². The highest BCUT2D eigenvalue weighted by Crippen LogP contribution is 2.17. The number of primary amides is 1. The Bertz CT molecular complexity index is 256. The van der Waals surface area contributed by atoms with Gasteiger partial charge in [-0.25, -0.2) is 0 Å². The Balaban J connectivity index is 2.65. The van der Waals surface area contributed by atoms with Crippen molar-refractivity contribution in [1.29, 1.82) is 0 Å². The molecule has 0 radical (unpaired) electrons. The highest BCUT2D eigenvalue weighted by atomic mass is 16.1. The highest BCUT2D eigenvalue weighted by Gasteiger charge is 2.06. The molecule has 1 atom stereocenters. The second-order valence-electron chi connectivity index (χ2n) is 2.98. The minimum atomic E-state index is -0.244. The summed E-state index contributed by atoms with van der Waals surface area (Å²) in [6, 6.07) is 9.90. The van der Waals surface area contributed by atoms with Crippen molar-refractivity contribution in [2.24, 2.45) is 5.73 Å². The van der Waals surface area contributed by atoms with Crippen LogP contribution in [-0.2, 0) is 4.79 Å². The molecule has 12 heavy (non-hydrogen) atoms. The molecule has 0 saturated carbocycles. The van der Waals surface area contributed by atoms with Gasteiger partial charge in [0, 0.05) is 6.42 Å². The molecular formula is C10H13NO. The van der Waals surface area contributed by atoms with E-state index in [1.54, 1.807) is 0 Å². The predicted molar refractivity (Wildman–Crippen MR) is 48.7 cm³/mol. The zero-order valence-electron chi connectivity index (χ0n) is 7.16. The summed E-state index contributed by atoms with van der Waals surface area (Å²) in [5.74, 6) is -0.0185. The first-order chi connectivity index (χ1) is 5.70. The Morgan fingerprint density at radius 1 is 1.42 bits per heavy atom. The average Bonchev–Trinajstić information content (AvgIpc) is 2.05. The van der Waals surface area contributed by atoms with Gasteiger partial charge >= 0.3 is 0 Å². The molecule has 1 rings (SSSR count). The summed E-state index contributed by atoms with van der Waals surface area (Å²) in [7, 11) is 0. The van der Waals surface area contributed by atoms with Crippen molar-refractivity contribution < 1.29 is 4.79 Å². The SMILES string of the molecule is C[C@H](CC(N)=O)c1ccccc1. The number of hydrogen-bond donors (Lipinski definition) is 1. The fourth-order valence-corrected chi connectivity index (χ4v) is 1.20. The number of hydrogen-bond acceptors (Lipinski definition) is 1. The first kappa shape index (κ1) is 8.78. The Morgan fingerprint density at radius 2 is 2.00 bits per heavy atom. The molecule has 0 spiro atoms. The zero-order valence-corrected chi connectivity index (χ0v) is 7.16. The van der Waals surface area contributed by atoms with E-state index in [9.17, 15) is 4.79 Å². The predicted octanol–water partition coefficient (Wildman–Crippen LogP) is 1.67. The lowest BCUT2D eigenvalue weighted by atomic mass is 9.98. The van der Waals surface area contributed by atoms with Crippen molar-refractivity contribution in [3.05, 3.63) is 35.9 Å². The summed E-state index contributed by atoms with van der Waals surface area (Å²) in [4.78, 5) is 10.6. The standard InChI is InChI=1S/C10H13NO/c1-8(7-10(11)12)9-5-3-2-4-6-9/h2-6,8H,7H2,1H3,(H2,11,12)/t8-/m1/s1. The van der Waals surface area contributed by atoms with Gasteiger partial charge in [-0.05, 0) is 11.5 Å². The molecule has 1 aromatic rings. The van der Waals surface area contributed by atoms with E-state index in [2.05, 4.69) is 0 Å². The van der Waals surface area contributed by atoms with Gasteiger partial charge in [-0.3, -0.25) is 4.79 Å². The third-order valence-corrected chi connectivity index (χ3v) is 1.88.